The molecule has 3 saturated heterocycles. The summed E-state index contributed by atoms with van der Waals surface area (Å²) in [5.41, 5.74) is 2.02. The highest BCUT2D eigenvalue weighted by molar-refractivity contribution is 5.95. The number of hydrogen-bond donors (Lipinski definition) is 1. The molecule has 6 aromatic rings. The predicted octanol–water partition coefficient (Wildman–Crippen LogP) is 4.53. The summed E-state index contributed by atoms with van der Waals surface area (Å²) < 4.78 is 58.9. The summed E-state index contributed by atoms with van der Waals surface area (Å²) in [4.78, 5) is 54.2. The van der Waals surface area contributed by atoms with Crippen molar-refractivity contribution < 1.29 is 32.2 Å². The average molecular weight is 823 g/mol. The molecule has 3 fully saturated rings. The van der Waals surface area contributed by atoms with E-state index in [0.717, 1.165) is 12.1 Å². The van der Waals surface area contributed by atoms with Gasteiger partial charge in [-0.15, -0.1) is 0 Å². The van der Waals surface area contributed by atoms with E-state index in [2.05, 4.69) is 15.4 Å². The minimum Gasteiger partial charge on any atom is -0.453 e. The molecule has 16 nitrogen and oxygen atoms in total. The fraction of sp³-hybridized carbons (Fsp3) is 0.390. The Bertz CT molecular complexity index is 2740. The van der Waals surface area contributed by atoms with E-state index in [4.69, 9.17) is 24.4 Å². The molecule has 4 aliphatic heterocycles. The van der Waals surface area contributed by atoms with Crippen LogP contribution in [0, 0.1) is 24.4 Å². The highest BCUT2D eigenvalue weighted by Crippen LogP contribution is 2.50. The second-order valence-corrected chi connectivity index (χ2v) is 16.2. The lowest BCUT2D eigenvalue weighted by atomic mass is 10.1. The molecule has 310 valence electrons. The highest BCUT2D eigenvalue weighted by Gasteiger charge is 2.67. The SMILES string of the molecule is COC(=O)N1CC2N(c3nc(N4CC5C[C@H]4C(=O)N(C)C[C@H](OC)Cn4c(C)nc6cc(F)cc(c64)-c4cccc(n4)N5)c4cnn(-c5ccc(F)cc5F)c4n3)[C@]2(C)C1. The number of benzene rings is 2. The molecule has 10 rings (SSSR count). The first-order chi connectivity index (χ1) is 28.8. The number of carbonyl (C=O) groups excluding carboxylic acids is 2. The molecule has 5 atom stereocenters. The number of ether oxygens (including phenoxy) is 2. The minimum atomic E-state index is -0.835. The van der Waals surface area contributed by atoms with E-state index < -0.39 is 41.2 Å². The Morgan fingerprint density at radius 2 is 1.80 bits per heavy atom. The van der Waals surface area contributed by atoms with Gasteiger partial charge in [0.05, 0.1) is 59.6 Å². The molecule has 19 heteroatoms. The van der Waals surface area contributed by atoms with Crippen molar-refractivity contribution in [3.8, 4) is 16.9 Å². The van der Waals surface area contributed by atoms with Crippen molar-refractivity contribution in [2.75, 3.05) is 62.6 Å². The van der Waals surface area contributed by atoms with Crippen LogP contribution in [-0.2, 0) is 20.8 Å². The smallest absolute Gasteiger partial charge is 0.409 e. The normalized spacial score (nSPS) is 23.8. The van der Waals surface area contributed by atoms with Gasteiger partial charge in [0.25, 0.3) is 0 Å². The summed E-state index contributed by atoms with van der Waals surface area (Å²) >= 11 is 0. The lowest BCUT2D eigenvalue weighted by Gasteiger charge is -2.31. The summed E-state index contributed by atoms with van der Waals surface area (Å²) in [5, 5.41) is 8.51. The summed E-state index contributed by atoms with van der Waals surface area (Å²) in [6, 6.07) is 10.4. The molecular weight excluding hydrogens is 782 g/mol. The number of fused-ring (bicyclic) bond motifs is 7. The first-order valence-corrected chi connectivity index (χ1v) is 19.6. The number of rotatable bonds is 4. The molecular formula is C41H41F3N12O4. The average Bonchev–Trinajstić information content (AvgIpc) is 3.77. The predicted molar refractivity (Wildman–Crippen MR) is 214 cm³/mol. The van der Waals surface area contributed by atoms with Crippen molar-refractivity contribution >= 4 is 51.7 Å². The maximum absolute atomic E-state index is 15.4. The van der Waals surface area contributed by atoms with Crippen LogP contribution in [0.2, 0.25) is 0 Å². The summed E-state index contributed by atoms with van der Waals surface area (Å²) in [7, 11) is 4.66. The van der Waals surface area contributed by atoms with Gasteiger partial charge >= 0.3 is 6.09 Å². The third-order valence-corrected chi connectivity index (χ3v) is 12.4. The van der Waals surface area contributed by atoms with E-state index in [1.165, 1.54) is 36.2 Å². The molecule has 4 aromatic heterocycles. The van der Waals surface area contributed by atoms with Gasteiger partial charge in [0, 0.05) is 64.1 Å². The highest BCUT2D eigenvalue weighted by atomic mass is 19.1. The van der Waals surface area contributed by atoms with Crippen LogP contribution in [0.5, 0.6) is 0 Å². The summed E-state index contributed by atoms with van der Waals surface area (Å²) in [5.74, 6) is -0.327. The number of aromatic nitrogens is 7. The molecule has 2 aromatic carbocycles. The van der Waals surface area contributed by atoms with Crippen LogP contribution >= 0.6 is 0 Å². The number of aryl methyl sites for hydroxylation is 1. The molecule has 0 spiro atoms. The third kappa shape index (κ3) is 5.96. The van der Waals surface area contributed by atoms with Crippen molar-refractivity contribution in [3.05, 3.63) is 78.0 Å². The number of nitrogens with one attached hydrogen (secondary N) is 1. The quantitative estimate of drug-likeness (QED) is 0.249. The fourth-order valence-electron chi connectivity index (χ4n) is 9.41. The van der Waals surface area contributed by atoms with Gasteiger partial charge in [-0.3, -0.25) is 4.79 Å². The number of methoxy groups -OCH3 is 2. The molecule has 60 heavy (non-hydrogen) atoms. The number of hydrogen-bond acceptors (Lipinski definition) is 12. The zero-order valence-corrected chi connectivity index (χ0v) is 33.4. The Kier molecular flexibility index (Phi) is 8.67. The largest absolute Gasteiger partial charge is 0.453 e. The zero-order chi connectivity index (χ0) is 41.8. The van der Waals surface area contributed by atoms with E-state index in [0.29, 0.717) is 83.7 Å². The van der Waals surface area contributed by atoms with Crippen LogP contribution in [0.25, 0.3) is 39.0 Å². The Morgan fingerprint density at radius 1 is 0.967 bits per heavy atom. The van der Waals surface area contributed by atoms with Crippen LogP contribution in [0.3, 0.4) is 0 Å². The molecule has 0 aliphatic carbocycles. The van der Waals surface area contributed by atoms with Gasteiger partial charge in [-0.2, -0.15) is 15.1 Å². The second-order valence-electron chi connectivity index (χ2n) is 16.2. The topological polar surface area (TPSA) is 152 Å². The van der Waals surface area contributed by atoms with Gasteiger partial charge < -0.3 is 39.0 Å². The maximum Gasteiger partial charge on any atom is 0.409 e. The van der Waals surface area contributed by atoms with Crippen LogP contribution < -0.4 is 15.1 Å². The monoisotopic (exact) mass is 822 g/mol. The number of piperazine rings is 1. The van der Waals surface area contributed by atoms with Gasteiger partial charge in [-0.05, 0) is 50.6 Å². The number of halogens is 3. The van der Waals surface area contributed by atoms with Crippen molar-refractivity contribution in [2.24, 2.45) is 0 Å². The number of anilines is 3. The van der Waals surface area contributed by atoms with E-state index in [9.17, 15) is 14.0 Å². The summed E-state index contributed by atoms with van der Waals surface area (Å²) in [6.45, 7) is 5.43. The second kappa shape index (κ2) is 13.8. The van der Waals surface area contributed by atoms with E-state index in [1.807, 2.05) is 46.4 Å². The first kappa shape index (κ1) is 37.7. The third-order valence-electron chi connectivity index (χ3n) is 12.4. The zero-order valence-electron chi connectivity index (χ0n) is 33.4. The molecule has 8 heterocycles. The van der Waals surface area contributed by atoms with Crippen molar-refractivity contribution in [1.82, 2.24) is 44.1 Å². The minimum absolute atomic E-state index is 0.0192. The van der Waals surface area contributed by atoms with Crippen LogP contribution in [0.1, 0.15) is 19.2 Å². The Hall–Kier alpha value is -6.50. The van der Waals surface area contributed by atoms with Gasteiger partial charge in [0.15, 0.2) is 11.5 Å². The number of carbonyl (C=O) groups is 2. The lowest BCUT2D eigenvalue weighted by Crippen LogP contribution is -2.47. The number of imidazole rings is 1. The Balaban J connectivity index is 1.09. The van der Waals surface area contributed by atoms with Crippen molar-refractivity contribution in [1.29, 1.82) is 0 Å². The van der Waals surface area contributed by atoms with Crippen LogP contribution in [-0.4, -0.2) is 133 Å². The molecule has 0 saturated carbocycles. The number of pyridine rings is 1. The molecule has 4 aliphatic rings. The molecule has 4 bridgehead atoms. The van der Waals surface area contributed by atoms with Gasteiger partial charge in [0.1, 0.15) is 40.8 Å². The standard InChI is InChI=1S/C41H41F3N12O4/c1-21-46-30-13-23(43)11-26-29-7-6-8-34(48-29)47-24-14-32(38(57)51(3)17-25(59-4)18-53(21)35(26)30)54(16-24)36-27-15-45-56(31-10-9-22(42)12-28(31)44)37(27)50-39(49-36)55-33-19-52(40(58)60-5)20-41(33,55)2/h6-13,15,24-25,32-33H,14,16-20H2,1-5H3,(H,47,48)/t24?,25-,32-,33?,41+,55?/m0/s1. The van der Waals surface area contributed by atoms with Crippen molar-refractivity contribution in [3.63, 3.8) is 0 Å². The van der Waals surface area contributed by atoms with Gasteiger partial charge in [-0.25, -0.2) is 32.6 Å². The van der Waals surface area contributed by atoms with Gasteiger partial charge in [0.2, 0.25) is 11.9 Å². The summed E-state index contributed by atoms with van der Waals surface area (Å²) in [6.07, 6.45) is 0.961. The van der Waals surface area contributed by atoms with E-state index in [-0.39, 0.29) is 35.9 Å². The van der Waals surface area contributed by atoms with E-state index >= 15 is 8.78 Å². The van der Waals surface area contributed by atoms with E-state index in [1.54, 1.807) is 24.0 Å². The first-order valence-electron chi connectivity index (χ1n) is 19.6. The Labute approximate surface area is 341 Å². The number of likely N-dealkylation sites (tertiary alicyclic amines) is 1. The van der Waals surface area contributed by atoms with Crippen LogP contribution in [0.15, 0.2) is 54.7 Å². The van der Waals surface area contributed by atoms with Crippen LogP contribution in [0.4, 0.5) is 35.5 Å². The lowest BCUT2D eigenvalue weighted by molar-refractivity contribution is -0.132. The Morgan fingerprint density at radius 3 is 2.55 bits per heavy atom. The maximum atomic E-state index is 15.4. The molecule has 0 radical (unpaired) electrons. The fourth-order valence-corrected chi connectivity index (χ4v) is 9.41. The van der Waals surface area contributed by atoms with Crippen molar-refractivity contribution in [2.45, 2.75) is 56.6 Å². The number of amides is 2. The number of nitrogens with zero attached hydrogens (tertiary/aromatic N) is 11. The molecule has 2 amide bonds. The molecule has 2 unspecified atom stereocenters. The number of likely N-dealkylation sites (N-methyl/N-ethyl adjacent to an activating group) is 1. The van der Waals surface area contributed by atoms with Gasteiger partial charge in [-0.1, -0.05) is 6.07 Å². The molecule has 1 N–H and O–H groups in total.